The first-order valence-electron chi connectivity index (χ1n) is 6.15. The number of hydrogen-bond acceptors (Lipinski definition) is 3. The smallest absolute Gasteiger partial charge is 0.240 e. The first-order chi connectivity index (χ1) is 8.72. The van der Waals surface area contributed by atoms with Crippen LogP contribution in [0.5, 0.6) is 0 Å². The number of sulfonamides is 1. The second kappa shape index (κ2) is 6.45. The van der Waals surface area contributed by atoms with E-state index in [2.05, 4.69) is 4.72 Å². The van der Waals surface area contributed by atoms with Crippen molar-refractivity contribution in [3.05, 3.63) is 30.1 Å². The third-order valence-electron chi connectivity index (χ3n) is 2.80. The molecule has 0 fully saturated rings. The van der Waals surface area contributed by atoms with Crippen molar-refractivity contribution >= 4 is 10.0 Å². The Morgan fingerprint density at radius 1 is 1.21 bits per heavy atom. The van der Waals surface area contributed by atoms with Gasteiger partial charge in [0.1, 0.15) is 5.82 Å². The van der Waals surface area contributed by atoms with Gasteiger partial charge in [-0.25, -0.2) is 17.5 Å². The maximum atomic E-state index is 12.8. The summed E-state index contributed by atoms with van der Waals surface area (Å²) in [6.07, 6.45) is 0. The highest BCUT2D eigenvalue weighted by Crippen LogP contribution is 2.13. The van der Waals surface area contributed by atoms with Gasteiger partial charge in [0.15, 0.2) is 0 Å². The normalized spacial score (nSPS) is 14.1. The molecule has 1 aromatic rings. The Bertz CT molecular complexity index is 498. The zero-order valence-electron chi connectivity index (χ0n) is 11.7. The van der Waals surface area contributed by atoms with Crippen LogP contribution in [-0.4, -0.2) is 40.0 Å². The molecule has 4 nitrogen and oxygen atoms in total. The summed E-state index contributed by atoms with van der Waals surface area (Å²) in [4.78, 5) is 2.01. The lowest BCUT2D eigenvalue weighted by Gasteiger charge is -2.25. The summed E-state index contributed by atoms with van der Waals surface area (Å²) in [5, 5.41) is 0. The number of likely N-dealkylation sites (N-methyl/N-ethyl adjacent to an activating group) is 1. The van der Waals surface area contributed by atoms with E-state index in [1.54, 1.807) is 0 Å². The lowest BCUT2D eigenvalue weighted by Crippen LogP contribution is -2.44. The van der Waals surface area contributed by atoms with Crippen LogP contribution in [0.2, 0.25) is 0 Å². The molecule has 0 aliphatic rings. The van der Waals surface area contributed by atoms with Crippen LogP contribution in [-0.2, 0) is 10.0 Å². The molecule has 1 aromatic carbocycles. The van der Waals surface area contributed by atoms with Gasteiger partial charge < -0.3 is 4.90 Å². The highest BCUT2D eigenvalue weighted by atomic mass is 32.2. The van der Waals surface area contributed by atoms with Gasteiger partial charge in [0.05, 0.1) is 4.90 Å². The minimum absolute atomic E-state index is 0.0818. The van der Waals surface area contributed by atoms with Gasteiger partial charge in [-0.05, 0) is 44.3 Å². The Morgan fingerprint density at radius 3 is 2.16 bits per heavy atom. The van der Waals surface area contributed by atoms with Crippen molar-refractivity contribution in [3.8, 4) is 0 Å². The SMILES string of the molecule is CC(C)C(CN(C)C)NS(=O)(=O)c1ccc(F)cc1. The number of rotatable bonds is 6. The Hall–Kier alpha value is -0.980. The van der Waals surface area contributed by atoms with E-state index in [4.69, 9.17) is 0 Å². The first-order valence-corrected chi connectivity index (χ1v) is 7.63. The van der Waals surface area contributed by atoms with Crippen LogP contribution >= 0.6 is 0 Å². The summed E-state index contributed by atoms with van der Waals surface area (Å²) in [5.41, 5.74) is 0. The summed E-state index contributed by atoms with van der Waals surface area (Å²) in [7, 11) is 0.171. The maximum absolute atomic E-state index is 12.8. The van der Waals surface area contributed by atoms with Gasteiger partial charge in [-0.1, -0.05) is 13.8 Å². The number of nitrogens with one attached hydrogen (secondary N) is 1. The van der Waals surface area contributed by atoms with Gasteiger partial charge in [0.25, 0.3) is 0 Å². The van der Waals surface area contributed by atoms with Gasteiger partial charge in [0.2, 0.25) is 10.0 Å². The van der Waals surface area contributed by atoms with Crippen molar-refractivity contribution < 1.29 is 12.8 Å². The van der Waals surface area contributed by atoms with Crippen molar-refractivity contribution in [3.63, 3.8) is 0 Å². The molecule has 0 spiro atoms. The predicted octanol–water partition coefficient (Wildman–Crippen LogP) is 1.69. The summed E-state index contributed by atoms with van der Waals surface area (Å²) in [6, 6.07) is 4.63. The molecule has 1 N–H and O–H groups in total. The van der Waals surface area contributed by atoms with E-state index in [0.29, 0.717) is 6.54 Å². The lowest BCUT2D eigenvalue weighted by molar-refractivity contribution is 0.314. The molecule has 0 amide bonds. The second-order valence-electron chi connectivity index (χ2n) is 5.19. The highest BCUT2D eigenvalue weighted by molar-refractivity contribution is 7.89. The van der Waals surface area contributed by atoms with Gasteiger partial charge in [0, 0.05) is 12.6 Å². The van der Waals surface area contributed by atoms with Crippen LogP contribution in [0.25, 0.3) is 0 Å². The van der Waals surface area contributed by atoms with Crippen molar-refractivity contribution in [2.45, 2.75) is 24.8 Å². The summed E-state index contributed by atoms with van der Waals surface area (Å²) >= 11 is 0. The molecule has 19 heavy (non-hydrogen) atoms. The van der Waals surface area contributed by atoms with E-state index in [0.717, 1.165) is 12.1 Å². The van der Waals surface area contributed by atoms with Crippen LogP contribution in [0, 0.1) is 11.7 Å². The van der Waals surface area contributed by atoms with Gasteiger partial charge >= 0.3 is 0 Å². The molecule has 0 radical (unpaired) electrons. The molecule has 0 heterocycles. The van der Waals surface area contributed by atoms with Crippen molar-refractivity contribution in [1.82, 2.24) is 9.62 Å². The number of hydrogen-bond donors (Lipinski definition) is 1. The fourth-order valence-corrected chi connectivity index (χ4v) is 3.03. The molecule has 1 atom stereocenters. The Morgan fingerprint density at radius 2 is 1.74 bits per heavy atom. The van der Waals surface area contributed by atoms with Crippen LogP contribution in [0.1, 0.15) is 13.8 Å². The van der Waals surface area contributed by atoms with E-state index in [9.17, 15) is 12.8 Å². The molecular weight excluding hydrogens is 267 g/mol. The lowest BCUT2D eigenvalue weighted by atomic mass is 10.1. The van der Waals surface area contributed by atoms with E-state index in [1.807, 2.05) is 32.8 Å². The van der Waals surface area contributed by atoms with Gasteiger partial charge in [-0.2, -0.15) is 0 Å². The van der Waals surface area contributed by atoms with E-state index >= 15 is 0 Å². The highest BCUT2D eigenvalue weighted by Gasteiger charge is 2.22. The fourth-order valence-electron chi connectivity index (χ4n) is 1.66. The van der Waals surface area contributed by atoms with Gasteiger partial charge in [-0.15, -0.1) is 0 Å². The minimum atomic E-state index is -3.61. The average molecular weight is 288 g/mol. The Balaban J connectivity index is 2.90. The second-order valence-corrected chi connectivity index (χ2v) is 6.90. The third kappa shape index (κ3) is 4.89. The molecule has 108 valence electrons. The number of benzene rings is 1. The molecule has 0 aromatic heterocycles. The van der Waals surface area contributed by atoms with Crippen LogP contribution in [0.3, 0.4) is 0 Å². The van der Waals surface area contributed by atoms with E-state index < -0.39 is 15.8 Å². The molecule has 1 rings (SSSR count). The third-order valence-corrected chi connectivity index (χ3v) is 4.30. The molecular formula is C13H21FN2O2S. The van der Waals surface area contributed by atoms with Crippen molar-refractivity contribution in [1.29, 1.82) is 0 Å². The number of halogens is 1. The van der Waals surface area contributed by atoms with Crippen molar-refractivity contribution in [2.75, 3.05) is 20.6 Å². The van der Waals surface area contributed by atoms with Crippen LogP contribution in [0.15, 0.2) is 29.2 Å². The molecule has 0 aliphatic carbocycles. The Kier molecular flexibility index (Phi) is 5.46. The maximum Gasteiger partial charge on any atom is 0.240 e. The van der Waals surface area contributed by atoms with Crippen LogP contribution in [0.4, 0.5) is 4.39 Å². The zero-order valence-corrected chi connectivity index (χ0v) is 12.5. The number of nitrogens with zero attached hydrogens (tertiary/aromatic N) is 1. The average Bonchev–Trinajstić information content (AvgIpc) is 2.27. The topological polar surface area (TPSA) is 49.4 Å². The largest absolute Gasteiger partial charge is 0.308 e. The first kappa shape index (κ1) is 16.1. The Labute approximate surface area is 114 Å². The van der Waals surface area contributed by atoms with E-state index in [-0.39, 0.29) is 16.9 Å². The molecule has 0 saturated heterocycles. The monoisotopic (exact) mass is 288 g/mol. The predicted molar refractivity (Wildman–Crippen MR) is 73.9 cm³/mol. The quantitative estimate of drug-likeness (QED) is 0.866. The molecule has 0 saturated carbocycles. The van der Waals surface area contributed by atoms with E-state index in [1.165, 1.54) is 12.1 Å². The summed E-state index contributed by atoms with van der Waals surface area (Å²) in [5.74, 6) is -0.287. The summed E-state index contributed by atoms with van der Waals surface area (Å²) < 4.78 is 39.9. The van der Waals surface area contributed by atoms with Crippen molar-refractivity contribution in [2.24, 2.45) is 5.92 Å². The molecule has 0 bridgehead atoms. The molecule has 0 aliphatic heterocycles. The molecule has 1 unspecified atom stereocenters. The standard InChI is InChI=1S/C13H21FN2O2S/c1-10(2)13(9-16(3)4)15-19(17,18)12-7-5-11(14)6-8-12/h5-8,10,13,15H,9H2,1-4H3. The van der Waals surface area contributed by atoms with Gasteiger partial charge in [-0.3, -0.25) is 0 Å². The summed E-state index contributed by atoms with van der Waals surface area (Å²) in [6.45, 7) is 4.53. The van der Waals surface area contributed by atoms with Crippen LogP contribution < -0.4 is 4.72 Å². The molecule has 6 heteroatoms. The fraction of sp³-hybridized carbons (Fsp3) is 0.538. The zero-order chi connectivity index (χ0) is 14.6. The minimum Gasteiger partial charge on any atom is -0.308 e.